The van der Waals surface area contributed by atoms with Crippen LogP contribution >= 0.6 is 0 Å². The third kappa shape index (κ3) is 3.33. The molecule has 0 fully saturated rings. The maximum atomic E-state index is 14.2. The lowest BCUT2D eigenvalue weighted by Gasteiger charge is -2.24. The second kappa shape index (κ2) is 6.48. The Morgan fingerprint density at radius 2 is 1.95 bits per heavy atom. The molecule has 0 aliphatic heterocycles. The fraction of sp³-hybridized carbons (Fsp3) is 0.312. The zero-order chi connectivity index (χ0) is 14.5. The lowest BCUT2D eigenvalue weighted by Crippen LogP contribution is -2.23. The largest absolute Gasteiger partial charge is 0.389 e. The van der Waals surface area contributed by atoms with Gasteiger partial charge < -0.3 is 10.0 Å². The van der Waals surface area contributed by atoms with E-state index in [1.807, 2.05) is 24.0 Å². The van der Waals surface area contributed by atoms with Gasteiger partial charge in [0.1, 0.15) is 5.82 Å². The molecule has 4 heteroatoms. The average Bonchev–Trinajstić information content (AvgIpc) is 2.46. The topological polar surface area (TPSA) is 36.4 Å². The predicted molar refractivity (Wildman–Crippen MR) is 78.0 cm³/mol. The molecule has 0 saturated heterocycles. The number of aromatic nitrogens is 1. The van der Waals surface area contributed by atoms with Crippen molar-refractivity contribution >= 4 is 5.69 Å². The number of aliphatic hydroxyl groups excluding tert-OH is 1. The van der Waals surface area contributed by atoms with E-state index < -0.39 is 6.10 Å². The molecule has 1 aromatic heterocycles. The summed E-state index contributed by atoms with van der Waals surface area (Å²) < 4.78 is 14.2. The number of hydrogen-bond acceptors (Lipinski definition) is 3. The van der Waals surface area contributed by atoms with Crippen molar-refractivity contribution in [1.29, 1.82) is 0 Å². The Balaban J connectivity index is 2.23. The van der Waals surface area contributed by atoms with Crippen LogP contribution < -0.4 is 4.90 Å². The molecule has 0 aliphatic rings. The van der Waals surface area contributed by atoms with Gasteiger partial charge in [-0.05, 0) is 49.2 Å². The van der Waals surface area contributed by atoms with E-state index in [1.54, 1.807) is 31.5 Å². The van der Waals surface area contributed by atoms with Crippen molar-refractivity contribution in [3.8, 4) is 0 Å². The molecular formula is C16H19FN2O. The zero-order valence-electron chi connectivity index (χ0n) is 11.8. The summed E-state index contributed by atoms with van der Waals surface area (Å²) in [6.07, 6.45) is 2.81. The second-order valence-corrected chi connectivity index (χ2v) is 4.76. The van der Waals surface area contributed by atoms with Crippen molar-refractivity contribution in [1.82, 2.24) is 4.98 Å². The summed E-state index contributed by atoms with van der Waals surface area (Å²) in [5.74, 6) is -0.306. The first-order valence-electron chi connectivity index (χ1n) is 6.73. The van der Waals surface area contributed by atoms with Gasteiger partial charge in [0.25, 0.3) is 0 Å². The van der Waals surface area contributed by atoms with Gasteiger partial charge >= 0.3 is 0 Å². The van der Waals surface area contributed by atoms with Crippen LogP contribution in [0.25, 0.3) is 0 Å². The van der Waals surface area contributed by atoms with E-state index in [0.29, 0.717) is 24.3 Å². The molecule has 0 radical (unpaired) electrons. The molecule has 20 heavy (non-hydrogen) atoms. The lowest BCUT2D eigenvalue weighted by atomic mass is 10.1. The van der Waals surface area contributed by atoms with E-state index in [9.17, 15) is 9.50 Å². The highest BCUT2D eigenvalue weighted by atomic mass is 19.1. The number of rotatable bonds is 5. The highest BCUT2D eigenvalue weighted by molar-refractivity contribution is 5.49. The van der Waals surface area contributed by atoms with E-state index in [0.717, 1.165) is 5.56 Å². The number of pyridine rings is 1. The van der Waals surface area contributed by atoms with Crippen molar-refractivity contribution in [3.05, 3.63) is 59.7 Å². The number of halogens is 1. The summed E-state index contributed by atoms with van der Waals surface area (Å²) in [5, 5.41) is 9.48. The molecule has 0 saturated carbocycles. The first-order valence-corrected chi connectivity index (χ1v) is 6.73. The molecular weight excluding hydrogens is 255 g/mol. The van der Waals surface area contributed by atoms with Gasteiger partial charge in [-0.2, -0.15) is 0 Å². The Hall–Kier alpha value is -1.94. The fourth-order valence-corrected chi connectivity index (χ4v) is 2.12. The molecule has 1 atom stereocenters. The molecule has 2 rings (SSSR count). The number of nitrogens with zero attached hydrogens (tertiary/aromatic N) is 2. The summed E-state index contributed by atoms with van der Waals surface area (Å²) in [5.41, 5.74) is 2.22. The van der Waals surface area contributed by atoms with Gasteiger partial charge in [-0.1, -0.05) is 6.07 Å². The van der Waals surface area contributed by atoms with Crippen molar-refractivity contribution in [2.75, 3.05) is 11.4 Å². The van der Waals surface area contributed by atoms with E-state index in [1.165, 1.54) is 6.07 Å². The molecule has 1 aromatic carbocycles. The number of anilines is 1. The van der Waals surface area contributed by atoms with Gasteiger partial charge in [-0.15, -0.1) is 0 Å². The Labute approximate surface area is 118 Å². The van der Waals surface area contributed by atoms with E-state index in [2.05, 4.69) is 4.98 Å². The Morgan fingerprint density at radius 3 is 2.50 bits per heavy atom. The standard InChI is InChI=1S/C16H19FN2O/c1-3-19(11-13-6-8-18-9-7-13)16-5-4-14(12(2)20)10-15(16)17/h4-10,12,20H,3,11H2,1-2H3/t12-/m1/s1. The summed E-state index contributed by atoms with van der Waals surface area (Å²) in [6, 6.07) is 8.73. The Morgan fingerprint density at radius 1 is 1.25 bits per heavy atom. The van der Waals surface area contributed by atoms with Crippen LogP contribution in [0.2, 0.25) is 0 Å². The SMILES string of the molecule is CCN(Cc1ccncc1)c1ccc([C@@H](C)O)cc1F. The normalized spacial score (nSPS) is 12.2. The molecule has 0 spiro atoms. The van der Waals surface area contributed by atoms with Crippen molar-refractivity contribution in [2.24, 2.45) is 0 Å². The van der Waals surface area contributed by atoms with Crippen LogP contribution in [0, 0.1) is 5.82 Å². The van der Waals surface area contributed by atoms with Crippen molar-refractivity contribution in [2.45, 2.75) is 26.5 Å². The third-order valence-corrected chi connectivity index (χ3v) is 3.30. The second-order valence-electron chi connectivity index (χ2n) is 4.76. The summed E-state index contributed by atoms with van der Waals surface area (Å²) >= 11 is 0. The monoisotopic (exact) mass is 274 g/mol. The number of benzene rings is 1. The smallest absolute Gasteiger partial charge is 0.146 e. The molecule has 0 bridgehead atoms. The molecule has 2 aromatic rings. The highest BCUT2D eigenvalue weighted by Crippen LogP contribution is 2.24. The van der Waals surface area contributed by atoms with Gasteiger partial charge in [-0.3, -0.25) is 4.98 Å². The summed E-state index contributed by atoms with van der Waals surface area (Å²) in [6.45, 7) is 4.95. The molecule has 1 N–H and O–H groups in total. The Kier molecular flexibility index (Phi) is 4.69. The maximum Gasteiger partial charge on any atom is 0.146 e. The zero-order valence-corrected chi connectivity index (χ0v) is 11.8. The van der Waals surface area contributed by atoms with Crippen LogP contribution in [0.1, 0.15) is 31.1 Å². The first-order chi connectivity index (χ1) is 9.61. The molecule has 106 valence electrons. The fourth-order valence-electron chi connectivity index (χ4n) is 2.12. The molecule has 1 heterocycles. The third-order valence-electron chi connectivity index (χ3n) is 3.30. The lowest BCUT2D eigenvalue weighted by molar-refractivity contribution is 0.199. The van der Waals surface area contributed by atoms with Crippen LogP contribution in [0.5, 0.6) is 0 Å². The first kappa shape index (κ1) is 14.5. The van der Waals surface area contributed by atoms with Crippen molar-refractivity contribution < 1.29 is 9.50 Å². The molecule has 0 unspecified atom stereocenters. The van der Waals surface area contributed by atoms with Gasteiger partial charge in [0, 0.05) is 25.5 Å². The molecule has 0 aliphatic carbocycles. The maximum absolute atomic E-state index is 14.2. The van der Waals surface area contributed by atoms with Crippen LogP contribution in [0.4, 0.5) is 10.1 Å². The summed E-state index contributed by atoms with van der Waals surface area (Å²) in [7, 11) is 0. The van der Waals surface area contributed by atoms with E-state index >= 15 is 0 Å². The Bertz CT molecular complexity index is 558. The minimum atomic E-state index is -0.658. The van der Waals surface area contributed by atoms with Gasteiger partial charge in [0.05, 0.1) is 11.8 Å². The average molecular weight is 274 g/mol. The van der Waals surface area contributed by atoms with Gasteiger partial charge in [-0.25, -0.2) is 4.39 Å². The van der Waals surface area contributed by atoms with Gasteiger partial charge in [0.15, 0.2) is 0 Å². The quantitative estimate of drug-likeness (QED) is 0.908. The minimum Gasteiger partial charge on any atom is -0.389 e. The summed E-state index contributed by atoms with van der Waals surface area (Å²) in [4.78, 5) is 5.93. The van der Waals surface area contributed by atoms with Crippen molar-refractivity contribution in [3.63, 3.8) is 0 Å². The van der Waals surface area contributed by atoms with Crippen LogP contribution in [0.15, 0.2) is 42.7 Å². The molecule has 3 nitrogen and oxygen atoms in total. The molecule has 0 amide bonds. The van der Waals surface area contributed by atoms with Crippen LogP contribution in [-0.4, -0.2) is 16.6 Å². The number of hydrogen-bond donors (Lipinski definition) is 1. The van der Waals surface area contributed by atoms with E-state index in [4.69, 9.17) is 0 Å². The predicted octanol–water partition coefficient (Wildman–Crippen LogP) is 3.30. The van der Waals surface area contributed by atoms with Crippen LogP contribution in [0.3, 0.4) is 0 Å². The van der Waals surface area contributed by atoms with Gasteiger partial charge in [0.2, 0.25) is 0 Å². The minimum absolute atomic E-state index is 0.306. The highest BCUT2D eigenvalue weighted by Gasteiger charge is 2.12. The van der Waals surface area contributed by atoms with Crippen LogP contribution in [-0.2, 0) is 6.54 Å². The van der Waals surface area contributed by atoms with E-state index in [-0.39, 0.29) is 5.82 Å². The number of aliphatic hydroxyl groups is 1.